The third-order valence-electron chi connectivity index (χ3n) is 2.99. The van der Waals surface area contributed by atoms with Crippen LogP contribution in [0.3, 0.4) is 0 Å². The van der Waals surface area contributed by atoms with Gasteiger partial charge in [0.1, 0.15) is 5.75 Å². The largest absolute Gasteiger partial charge is 0.496 e. The van der Waals surface area contributed by atoms with Crippen molar-refractivity contribution >= 4 is 11.4 Å². The molecule has 1 N–H and O–H groups in total. The predicted molar refractivity (Wildman–Crippen MR) is 75.9 cm³/mol. The van der Waals surface area contributed by atoms with Crippen LogP contribution in [-0.2, 0) is 0 Å². The lowest BCUT2D eigenvalue weighted by Crippen LogP contribution is -2.28. The van der Waals surface area contributed by atoms with Crippen LogP contribution in [-0.4, -0.2) is 43.1 Å². The van der Waals surface area contributed by atoms with Gasteiger partial charge in [0.2, 0.25) is 0 Å². The molecule has 6 nitrogen and oxygen atoms in total. The van der Waals surface area contributed by atoms with Gasteiger partial charge in [-0.1, -0.05) is 13.8 Å². The first-order valence-corrected chi connectivity index (χ1v) is 6.40. The molecule has 0 unspecified atom stereocenters. The standard InChI is InChI=1S/C13H21N3O3/c1-4-15(5-2)7-6-14-11-8-12(16(17)18)10-13(9-11)19-3/h8-10,14H,4-7H2,1-3H3. The van der Waals surface area contributed by atoms with Crippen LogP contribution in [0.4, 0.5) is 11.4 Å². The van der Waals surface area contributed by atoms with Crippen molar-refractivity contribution < 1.29 is 9.66 Å². The fourth-order valence-corrected chi connectivity index (χ4v) is 1.81. The van der Waals surface area contributed by atoms with E-state index in [1.54, 1.807) is 6.07 Å². The second-order valence-corrected chi connectivity index (χ2v) is 4.13. The average Bonchev–Trinajstić information content (AvgIpc) is 2.43. The molecule has 19 heavy (non-hydrogen) atoms. The van der Waals surface area contributed by atoms with E-state index in [9.17, 15) is 10.1 Å². The van der Waals surface area contributed by atoms with Crippen LogP contribution in [0.25, 0.3) is 0 Å². The van der Waals surface area contributed by atoms with E-state index in [1.807, 2.05) is 0 Å². The summed E-state index contributed by atoms with van der Waals surface area (Å²) in [6.45, 7) is 7.86. The lowest BCUT2D eigenvalue weighted by Gasteiger charge is -2.18. The Hall–Kier alpha value is -1.82. The van der Waals surface area contributed by atoms with Gasteiger partial charge in [-0.2, -0.15) is 0 Å². The van der Waals surface area contributed by atoms with Gasteiger partial charge in [0.25, 0.3) is 5.69 Å². The Bertz CT molecular complexity index is 420. The SMILES string of the molecule is CCN(CC)CCNc1cc(OC)cc([N+](=O)[O-])c1. The van der Waals surface area contributed by atoms with Crippen LogP contribution in [0.5, 0.6) is 5.75 Å². The van der Waals surface area contributed by atoms with E-state index >= 15 is 0 Å². The predicted octanol–water partition coefficient (Wildman–Crippen LogP) is 2.36. The lowest BCUT2D eigenvalue weighted by molar-refractivity contribution is -0.384. The minimum atomic E-state index is -0.419. The molecule has 1 aromatic rings. The van der Waals surface area contributed by atoms with Crippen molar-refractivity contribution in [1.82, 2.24) is 4.90 Å². The Morgan fingerprint density at radius 1 is 1.32 bits per heavy atom. The number of methoxy groups -OCH3 is 1. The molecular weight excluding hydrogens is 246 g/mol. The Balaban J connectivity index is 2.67. The van der Waals surface area contributed by atoms with Crippen LogP contribution in [0.15, 0.2) is 18.2 Å². The number of nitrogens with zero attached hydrogens (tertiary/aromatic N) is 2. The molecule has 0 fully saturated rings. The summed E-state index contributed by atoms with van der Waals surface area (Å²) in [5, 5.41) is 14.0. The highest BCUT2D eigenvalue weighted by atomic mass is 16.6. The second kappa shape index (κ2) is 7.58. The summed E-state index contributed by atoms with van der Waals surface area (Å²) in [5.41, 5.74) is 0.739. The summed E-state index contributed by atoms with van der Waals surface area (Å²) < 4.78 is 5.06. The molecule has 0 bridgehead atoms. The van der Waals surface area contributed by atoms with Crippen molar-refractivity contribution in [3.05, 3.63) is 28.3 Å². The minimum Gasteiger partial charge on any atom is -0.496 e. The number of non-ortho nitro benzene ring substituents is 1. The van der Waals surface area contributed by atoms with Crippen LogP contribution >= 0.6 is 0 Å². The van der Waals surface area contributed by atoms with E-state index in [0.29, 0.717) is 11.4 Å². The van der Waals surface area contributed by atoms with Crippen molar-refractivity contribution in [2.75, 3.05) is 38.6 Å². The molecule has 106 valence electrons. The Morgan fingerprint density at radius 2 is 2.00 bits per heavy atom. The van der Waals surface area contributed by atoms with Crippen molar-refractivity contribution in [3.8, 4) is 5.75 Å². The lowest BCUT2D eigenvalue weighted by atomic mass is 10.2. The van der Waals surface area contributed by atoms with Crippen LogP contribution in [0.1, 0.15) is 13.8 Å². The smallest absolute Gasteiger partial charge is 0.275 e. The van der Waals surface area contributed by atoms with Crippen molar-refractivity contribution in [1.29, 1.82) is 0 Å². The zero-order valence-corrected chi connectivity index (χ0v) is 11.7. The summed E-state index contributed by atoms with van der Waals surface area (Å²) >= 11 is 0. The maximum absolute atomic E-state index is 10.8. The zero-order chi connectivity index (χ0) is 14.3. The molecule has 0 aliphatic carbocycles. The van der Waals surface area contributed by atoms with E-state index in [0.717, 1.165) is 26.2 Å². The van der Waals surface area contributed by atoms with Crippen molar-refractivity contribution in [2.45, 2.75) is 13.8 Å². The molecule has 0 heterocycles. The van der Waals surface area contributed by atoms with Crippen molar-refractivity contribution in [2.24, 2.45) is 0 Å². The highest BCUT2D eigenvalue weighted by Gasteiger charge is 2.10. The first-order valence-electron chi connectivity index (χ1n) is 6.40. The van der Waals surface area contributed by atoms with Gasteiger partial charge in [-0.3, -0.25) is 10.1 Å². The Morgan fingerprint density at radius 3 is 2.53 bits per heavy atom. The summed E-state index contributed by atoms with van der Waals surface area (Å²) in [5.74, 6) is 0.486. The van der Waals surface area contributed by atoms with Crippen LogP contribution in [0.2, 0.25) is 0 Å². The number of likely N-dealkylation sites (N-methyl/N-ethyl adjacent to an activating group) is 1. The number of hydrogen-bond donors (Lipinski definition) is 1. The summed E-state index contributed by atoms with van der Waals surface area (Å²) in [7, 11) is 1.50. The quantitative estimate of drug-likeness (QED) is 0.578. The van der Waals surface area contributed by atoms with E-state index < -0.39 is 4.92 Å². The maximum Gasteiger partial charge on any atom is 0.275 e. The Labute approximate surface area is 113 Å². The molecule has 0 aliphatic rings. The number of anilines is 1. The van der Waals surface area contributed by atoms with Gasteiger partial charge < -0.3 is 15.0 Å². The van der Waals surface area contributed by atoms with Gasteiger partial charge in [0, 0.05) is 30.9 Å². The first kappa shape index (κ1) is 15.2. The Kier molecular flexibility index (Phi) is 6.08. The fraction of sp³-hybridized carbons (Fsp3) is 0.538. The fourth-order valence-electron chi connectivity index (χ4n) is 1.81. The molecule has 0 spiro atoms. The van der Waals surface area contributed by atoms with Gasteiger partial charge in [-0.05, 0) is 13.1 Å². The topological polar surface area (TPSA) is 67.6 Å². The molecule has 0 saturated carbocycles. The molecule has 0 saturated heterocycles. The van der Waals surface area contributed by atoms with E-state index in [4.69, 9.17) is 4.74 Å². The number of rotatable bonds is 8. The van der Waals surface area contributed by atoms with E-state index in [2.05, 4.69) is 24.1 Å². The van der Waals surface area contributed by atoms with Crippen molar-refractivity contribution in [3.63, 3.8) is 0 Å². The molecule has 6 heteroatoms. The van der Waals surface area contributed by atoms with Gasteiger partial charge in [0.15, 0.2) is 0 Å². The van der Waals surface area contributed by atoms with Crippen LogP contribution in [0, 0.1) is 10.1 Å². The van der Waals surface area contributed by atoms with Gasteiger partial charge in [-0.25, -0.2) is 0 Å². The summed E-state index contributed by atoms with van der Waals surface area (Å²) in [6.07, 6.45) is 0. The highest BCUT2D eigenvalue weighted by Crippen LogP contribution is 2.25. The monoisotopic (exact) mass is 267 g/mol. The third-order valence-corrected chi connectivity index (χ3v) is 2.99. The van der Waals surface area contributed by atoms with Crippen LogP contribution < -0.4 is 10.1 Å². The molecule has 0 atom stereocenters. The second-order valence-electron chi connectivity index (χ2n) is 4.13. The van der Waals surface area contributed by atoms with E-state index in [1.165, 1.54) is 19.2 Å². The van der Waals surface area contributed by atoms with Gasteiger partial charge >= 0.3 is 0 Å². The molecule has 0 radical (unpaired) electrons. The average molecular weight is 267 g/mol. The zero-order valence-electron chi connectivity index (χ0n) is 11.7. The number of benzene rings is 1. The highest BCUT2D eigenvalue weighted by molar-refractivity contribution is 5.56. The van der Waals surface area contributed by atoms with E-state index in [-0.39, 0.29) is 5.69 Å². The molecule has 1 rings (SSSR count). The molecule has 0 amide bonds. The molecular formula is C13H21N3O3. The van der Waals surface area contributed by atoms with Gasteiger partial charge in [0.05, 0.1) is 18.1 Å². The molecule has 0 aromatic heterocycles. The summed E-state index contributed by atoms with van der Waals surface area (Å²) in [6, 6.07) is 4.69. The molecule has 1 aromatic carbocycles. The number of nitrogens with one attached hydrogen (secondary N) is 1. The minimum absolute atomic E-state index is 0.0321. The third kappa shape index (κ3) is 4.75. The first-order chi connectivity index (χ1) is 9.10. The number of hydrogen-bond acceptors (Lipinski definition) is 5. The number of nitro groups is 1. The van der Waals surface area contributed by atoms with Gasteiger partial charge in [-0.15, -0.1) is 0 Å². The number of ether oxygens (including phenoxy) is 1. The molecule has 0 aliphatic heterocycles. The number of nitro benzene ring substituents is 1. The summed E-state index contributed by atoms with van der Waals surface area (Å²) in [4.78, 5) is 12.7. The maximum atomic E-state index is 10.8. The normalized spacial score (nSPS) is 10.5.